The molecule has 0 spiro atoms. The lowest BCUT2D eigenvalue weighted by Crippen LogP contribution is -2.88. The van der Waals surface area contributed by atoms with Crippen LogP contribution in [0.2, 0.25) is 5.02 Å². The van der Waals surface area contributed by atoms with Gasteiger partial charge >= 0.3 is 0 Å². The number of quaternary nitrogens is 1. The van der Waals surface area contributed by atoms with Gasteiger partial charge in [0.05, 0.1) is 0 Å². The quantitative estimate of drug-likeness (QED) is 0.841. The Bertz CT molecular complexity index is 670. The van der Waals surface area contributed by atoms with Crippen LogP contribution < -0.4 is 10.6 Å². The minimum atomic E-state index is -0.261. The van der Waals surface area contributed by atoms with Gasteiger partial charge in [0, 0.05) is 22.2 Å². The second kappa shape index (κ2) is 7.16. The van der Waals surface area contributed by atoms with Crippen molar-refractivity contribution < 1.29 is 10.1 Å². The summed E-state index contributed by atoms with van der Waals surface area (Å²) in [5, 5.41) is 5.95. The molecule has 2 aromatic carbocycles. The van der Waals surface area contributed by atoms with Gasteiger partial charge in [0.25, 0.3) is 5.91 Å². The van der Waals surface area contributed by atoms with E-state index in [2.05, 4.69) is 17.6 Å². The maximum absolute atomic E-state index is 12.7. The number of benzene rings is 2. The number of amides is 1. The summed E-state index contributed by atoms with van der Waals surface area (Å²) in [6.07, 6.45) is 2.18. The average molecular weight is 330 g/mol. The molecule has 3 N–H and O–H groups in total. The predicted molar refractivity (Wildman–Crippen MR) is 92.1 cm³/mol. The highest BCUT2D eigenvalue weighted by Gasteiger charge is 2.32. The molecule has 4 heteroatoms. The van der Waals surface area contributed by atoms with E-state index in [0.717, 1.165) is 29.0 Å². The first-order valence-corrected chi connectivity index (χ1v) is 8.47. The lowest BCUT2D eigenvalue weighted by molar-refractivity contribution is -0.719. The number of carbonyl (C=O) groups excluding carboxylic acids is 1. The Morgan fingerprint density at radius 1 is 1.13 bits per heavy atom. The summed E-state index contributed by atoms with van der Waals surface area (Å²) in [7, 11) is 0. The number of carbonyl (C=O) groups is 1. The standard InChI is InChI=1S/C19H21ClN2O/c1-13(16-9-5-6-10-17(16)20)21-18(14-7-3-2-4-8-14)19(23)22-15-11-12-15/h2-10,13,15,18,21H,11-12H2,1H3,(H,22,23)/p+1/t13-,18-/m1/s1. The average Bonchev–Trinajstić information content (AvgIpc) is 3.37. The molecule has 0 saturated heterocycles. The van der Waals surface area contributed by atoms with Crippen LogP contribution in [-0.4, -0.2) is 11.9 Å². The molecule has 1 fully saturated rings. The maximum Gasteiger partial charge on any atom is 0.283 e. The smallest absolute Gasteiger partial charge is 0.283 e. The zero-order chi connectivity index (χ0) is 16.2. The molecule has 3 nitrogen and oxygen atoms in total. The molecule has 1 amide bonds. The fourth-order valence-corrected chi connectivity index (χ4v) is 3.07. The van der Waals surface area contributed by atoms with E-state index in [-0.39, 0.29) is 18.0 Å². The zero-order valence-electron chi connectivity index (χ0n) is 13.2. The molecule has 0 unspecified atom stereocenters. The SMILES string of the molecule is C[C@@H]([NH2+][C@@H](C(=O)NC1CC1)c1ccccc1)c1ccccc1Cl. The van der Waals surface area contributed by atoms with Gasteiger partial charge in [-0.3, -0.25) is 4.79 Å². The van der Waals surface area contributed by atoms with E-state index in [4.69, 9.17) is 11.6 Å². The van der Waals surface area contributed by atoms with Crippen LogP contribution in [0.25, 0.3) is 0 Å². The van der Waals surface area contributed by atoms with Crippen LogP contribution in [0.5, 0.6) is 0 Å². The molecule has 1 aliphatic rings. The Kier molecular flexibility index (Phi) is 4.99. The minimum Gasteiger partial charge on any atom is -0.348 e. The maximum atomic E-state index is 12.7. The molecule has 0 heterocycles. The van der Waals surface area contributed by atoms with E-state index in [1.807, 2.05) is 54.6 Å². The number of rotatable bonds is 6. The highest BCUT2D eigenvalue weighted by atomic mass is 35.5. The van der Waals surface area contributed by atoms with Crippen LogP contribution in [0.1, 0.15) is 43.0 Å². The fourth-order valence-electron chi connectivity index (χ4n) is 2.77. The third-order valence-corrected chi connectivity index (χ3v) is 4.59. The molecule has 0 aromatic heterocycles. The number of hydrogen-bond acceptors (Lipinski definition) is 1. The van der Waals surface area contributed by atoms with Gasteiger partial charge < -0.3 is 10.6 Å². The lowest BCUT2D eigenvalue weighted by atomic mass is 10.0. The van der Waals surface area contributed by atoms with Crippen molar-refractivity contribution in [2.75, 3.05) is 0 Å². The van der Waals surface area contributed by atoms with E-state index in [9.17, 15) is 4.79 Å². The van der Waals surface area contributed by atoms with E-state index >= 15 is 0 Å². The van der Waals surface area contributed by atoms with Crippen molar-refractivity contribution >= 4 is 17.5 Å². The van der Waals surface area contributed by atoms with Crippen LogP contribution in [0.4, 0.5) is 0 Å². The van der Waals surface area contributed by atoms with E-state index in [1.165, 1.54) is 0 Å². The summed E-state index contributed by atoms with van der Waals surface area (Å²) in [5.74, 6) is 0.0811. The van der Waals surface area contributed by atoms with Crippen LogP contribution in [0, 0.1) is 0 Å². The molecule has 2 atom stereocenters. The summed E-state index contributed by atoms with van der Waals surface area (Å²) >= 11 is 6.30. The molecule has 2 aromatic rings. The van der Waals surface area contributed by atoms with Gasteiger partial charge in [-0.15, -0.1) is 0 Å². The van der Waals surface area contributed by atoms with E-state index in [1.54, 1.807) is 0 Å². The minimum absolute atomic E-state index is 0.0811. The molecule has 3 rings (SSSR count). The summed E-state index contributed by atoms with van der Waals surface area (Å²) in [5.41, 5.74) is 2.07. The first-order chi connectivity index (χ1) is 11.1. The molecular formula is C19H22ClN2O+. The van der Waals surface area contributed by atoms with Crippen LogP contribution in [0.3, 0.4) is 0 Å². The van der Waals surface area contributed by atoms with Crippen molar-refractivity contribution in [3.05, 3.63) is 70.7 Å². The molecule has 23 heavy (non-hydrogen) atoms. The molecule has 120 valence electrons. The zero-order valence-corrected chi connectivity index (χ0v) is 14.0. The van der Waals surface area contributed by atoms with Crippen molar-refractivity contribution in [2.24, 2.45) is 0 Å². The van der Waals surface area contributed by atoms with E-state index < -0.39 is 0 Å². The van der Waals surface area contributed by atoms with Gasteiger partial charge in [0.1, 0.15) is 6.04 Å². The van der Waals surface area contributed by atoms with Crippen molar-refractivity contribution in [3.8, 4) is 0 Å². The van der Waals surface area contributed by atoms with Crippen LogP contribution >= 0.6 is 11.6 Å². The molecular weight excluding hydrogens is 308 g/mol. The van der Waals surface area contributed by atoms with E-state index in [0.29, 0.717) is 6.04 Å². The van der Waals surface area contributed by atoms with Gasteiger partial charge in [-0.25, -0.2) is 0 Å². The second-order valence-electron chi connectivity index (χ2n) is 6.17. The van der Waals surface area contributed by atoms with Gasteiger partial charge in [0.15, 0.2) is 6.04 Å². The van der Waals surface area contributed by atoms with Gasteiger partial charge in [-0.2, -0.15) is 0 Å². The lowest BCUT2D eigenvalue weighted by Gasteiger charge is -2.21. The largest absolute Gasteiger partial charge is 0.348 e. The highest BCUT2D eigenvalue weighted by Crippen LogP contribution is 2.22. The van der Waals surface area contributed by atoms with Gasteiger partial charge in [0.2, 0.25) is 0 Å². The summed E-state index contributed by atoms with van der Waals surface area (Å²) in [6, 6.07) is 17.9. The Morgan fingerprint density at radius 3 is 2.43 bits per heavy atom. The normalized spacial score (nSPS) is 16.6. The number of hydrogen-bond donors (Lipinski definition) is 2. The predicted octanol–water partition coefficient (Wildman–Crippen LogP) is 2.98. The summed E-state index contributed by atoms with van der Waals surface area (Å²) in [4.78, 5) is 12.7. The first kappa shape index (κ1) is 16.0. The summed E-state index contributed by atoms with van der Waals surface area (Å²) < 4.78 is 0. The Balaban J connectivity index is 1.80. The molecule has 1 aliphatic carbocycles. The molecule has 0 bridgehead atoms. The number of nitrogens with one attached hydrogen (secondary N) is 1. The first-order valence-electron chi connectivity index (χ1n) is 8.10. The third kappa shape index (κ3) is 4.12. The fraction of sp³-hybridized carbons (Fsp3) is 0.316. The number of nitrogens with two attached hydrogens (primary N) is 1. The highest BCUT2D eigenvalue weighted by molar-refractivity contribution is 6.31. The molecule has 1 saturated carbocycles. The van der Waals surface area contributed by atoms with Crippen LogP contribution in [0.15, 0.2) is 54.6 Å². The Labute approximate surface area is 142 Å². The second-order valence-corrected chi connectivity index (χ2v) is 6.58. The Hall–Kier alpha value is -1.84. The van der Waals surface area contributed by atoms with Gasteiger partial charge in [-0.05, 0) is 25.8 Å². The Morgan fingerprint density at radius 2 is 1.78 bits per heavy atom. The van der Waals surface area contributed by atoms with Crippen LogP contribution in [-0.2, 0) is 4.79 Å². The number of halogens is 1. The van der Waals surface area contributed by atoms with Crippen molar-refractivity contribution in [1.82, 2.24) is 5.32 Å². The third-order valence-electron chi connectivity index (χ3n) is 4.24. The van der Waals surface area contributed by atoms with Gasteiger partial charge in [-0.1, -0.05) is 60.1 Å². The van der Waals surface area contributed by atoms with Crippen molar-refractivity contribution in [3.63, 3.8) is 0 Å². The summed E-state index contributed by atoms with van der Waals surface area (Å²) in [6.45, 7) is 2.08. The molecule has 0 radical (unpaired) electrons. The van der Waals surface area contributed by atoms with Crippen molar-refractivity contribution in [1.29, 1.82) is 0 Å². The topological polar surface area (TPSA) is 45.7 Å². The van der Waals surface area contributed by atoms with Crippen molar-refractivity contribution in [2.45, 2.75) is 37.9 Å². The molecule has 0 aliphatic heterocycles. The monoisotopic (exact) mass is 329 g/mol.